The van der Waals surface area contributed by atoms with Crippen molar-refractivity contribution >= 4 is 57.2 Å². The number of amides is 1. The molecular formula is C20H18I2N2O3. The standard InChI is InChI=1S/C20H18I2N2O3/c1-26-8-7-24-20(25)16(12-23)9-15-10-17(21)19(18(22)11-15)27-13-14-5-3-2-4-6-14/h2-6,9-11H,7-8,13H2,1H3,(H,24,25)/b16-9+. The van der Waals surface area contributed by atoms with E-state index >= 15 is 0 Å². The smallest absolute Gasteiger partial charge is 0.262 e. The number of methoxy groups -OCH3 is 1. The molecule has 5 nitrogen and oxygen atoms in total. The fourth-order valence-corrected chi connectivity index (χ4v) is 4.34. The van der Waals surface area contributed by atoms with E-state index in [-0.39, 0.29) is 5.57 Å². The lowest BCUT2D eigenvalue weighted by atomic mass is 10.1. The van der Waals surface area contributed by atoms with E-state index in [9.17, 15) is 10.1 Å². The molecule has 1 amide bonds. The van der Waals surface area contributed by atoms with Crippen LogP contribution < -0.4 is 10.1 Å². The molecule has 0 fully saturated rings. The quantitative estimate of drug-likeness (QED) is 0.218. The number of rotatable bonds is 8. The molecule has 0 aliphatic rings. The lowest BCUT2D eigenvalue weighted by Gasteiger charge is -2.12. The predicted octanol–water partition coefficient (Wildman–Crippen LogP) is 4.14. The first-order valence-corrected chi connectivity index (χ1v) is 10.3. The van der Waals surface area contributed by atoms with Gasteiger partial charge in [0.1, 0.15) is 24.0 Å². The predicted molar refractivity (Wildman–Crippen MR) is 121 cm³/mol. The van der Waals surface area contributed by atoms with Gasteiger partial charge in [-0.05, 0) is 74.5 Å². The van der Waals surface area contributed by atoms with Gasteiger partial charge in [0.15, 0.2) is 0 Å². The van der Waals surface area contributed by atoms with Crippen LogP contribution in [0.4, 0.5) is 0 Å². The largest absolute Gasteiger partial charge is 0.487 e. The summed E-state index contributed by atoms with van der Waals surface area (Å²) in [6.07, 6.45) is 1.58. The van der Waals surface area contributed by atoms with Crippen LogP contribution in [0.3, 0.4) is 0 Å². The molecular weight excluding hydrogens is 570 g/mol. The van der Waals surface area contributed by atoms with E-state index in [1.807, 2.05) is 48.5 Å². The Balaban J connectivity index is 2.14. The van der Waals surface area contributed by atoms with Crippen molar-refractivity contribution in [2.75, 3.05) is 20.3 Å². The summed E-state index contributed by atoms with van der Waals surface area (Å²) in [5.74, 6) is 0.379. The maximum Gasteiger partial charge on any atom is 0.262 e. The van der Waals surface area contributed by atoms with Gasteiger partial charge in [-0.2, -0.15) is 5.26 Å². The van der Waals surface area contributed by atoms with Crippen LogP contribution in [0.5, 0.6) is 5.75 Å². The minimum Gasteiger partial charge on any atom is -0.487 e. The summed E-state index contributed by atoms with van der Waals surface area (Å²) >= 11 is 4.40. The van der Waals surface area contributed by atoms with Gasteiger partial charge >= 0.3 is 0 Å². The second-order valence-corrected chi connectivity index (χ2v) is 7.83. The van der Waals surface area contributed by atoms with Gasteiger partial charge in [0.2, 0.25) is 0 Å². The van der Waals surface area contributed by atoms with E-state index in [2.05, 4.69) is 50.5 Å². The number of hydrogen-bond donors (Lipinski definition) is 1. The Morgan fingerprint density at radius 2 is 1.89 bits per heavy atom. The van der Waals surface area contributed by atoms with Crippen LogP contribution in [-0.4, -0.2) is 26.2 Å². The lowest BCUT2D eigenvalue weighted by molar-refractivity contribution is -0.117. The van der Waals surface area contributed by atoms with Gasteiger partial charge < -0.3 is 14.8 Å². The highest BCUT2D eigenvalue weighted by Crippen LogP contribution is 2.30. The molecule has 2 rings (SSSR count). The van der Waals surface area contributed by atoms with Gasteiger partial charge in [0, 0.05) is 13.7 Å². The second-order valence-electron chi connectivity index (χ2n) is 5.51. The summed E-state index contributed by atoms with van der Waals surface area (Å²) in [6, 6.07) is 15.7. The molecule has 0 atom stereocenters. The SMILES string of the molecule is COCCNC(=O)/C(C#N)=C/c1cc(I)c(OCc2ccccc2)c(I)c1. The van der Waals surface area contributed by atoms with Crippen molar-refractivity contribution < 1.29 is 14.3 Å². The number of hydrogen-bond acceptors (Lipinski definition) is 4. The molecule has 0 aliphatic carbocycles. The zero-order chi connectivity index (χ0) is 19.6. The van der Waals surface area contributed by atoms with Gasteiger partial charge in [0.25, 0.3) is 5.91 Å². The van der Waals surface area contributed by atoms with Crippen LogP contribution in [-0.2, 0) is 16.1 Å². The average molecular weight is 588 g/mol. The third-order valence-corrected chi connectivity index (χ3v) is 5.12. The number of nitrogens with one attached hydrogen (secondary N) is 1. The Hall–Kier alpha value is -1.64. The molecule has 2 aromatic rings. The number of carbonyl (C=O) groups is 1. The highest BCUT2D eigenvalue weighted by Gasteiger charge is 2.12. The molecule has 0 unspecified atom stereocenters. The molecule has 0 aliphatic heterocycles. The number of nitriles is 1. The molecule has 2 aromatic carbocycles. The first kappa shape index (κ1) is 21.7. The van der Waals surface area contributed by atoms with Crippen molar-refractivity contribution in [2.24, 2.45) is 0 Å². The van der Waals surface area contributed by atoms with Crippen LogP contribution in [0.25, 0.3) is 6.08 Å². The maximum atomic E-state index is 12.1. The Morgan fingerprint density at radius 1 is 1.22 bits per heavy atom. The molecule has 0 saturated carbocycles. The summed E-state index contributed by atoms with van der Waals surface area (Å²) in [4.78, 5) is 12.1. The highest BCUT2D eigenvalue weighted by atomic mass is 127. The van der Waals surface area contributed by atoms with Crippen LogP contribution in [0, 0.1) is 18.5 Å². The van der Waals surface area contributed by atoms with E-state index in [0.29, 0.717) is 19.8 Å². The minimum absolute atomic E-state index is 0.0515. The Morgan fingerprint density at radius 3 is 2.48 bits per heavy atom. The first-order valence-electron chi connectivity index (χ1n) is 8.10. The Bertz CT molecular complexity index is 838. The van der Waals surface area contributed by atoms with Gasteiger partial charge in [-0.25, -0.2) is 0 Å². The molecule has 0 heterocycles. The molecule has 0 saturated heterocycles. The number of benzene rings is 2. The van der Waals surface area contributed by atoms with Gasteiger partial charge in [-0.15, -0.1) is 0 Å². The van der Waals surface area contributed by atoms with Crippen LogP contribution in [0.2, 0.25) is 0 Å². The van der Waals surface area contributed by atoms with E-state index in [4.69, 9.17) is 9.47 Å². The van der Waals surface area contributed by atoms with E-state index in [0.717, 1.165) is 24.0 Å². The fraction of sp³-hybridized carbons (Fsp3) is 0.200. The normalized spacial score (nSPS) is 11.0. The van der Waals surface area contributed by atoms with Crippen molar-refractivity contribution in [3.05, 3.63) is 66.3 Å². The summed E-state index contributed by atoms with van der Waals surface area (Å²) < 4.78 is 12.7. The third kappa shape index (κ3) is 6.79. The van der Waals surface area contributed by atoms with E-state index in [1.54, 1.807) is 13.2 Å². The van der Waals surface area contributed by atoms with Crippen molar-refractivity contribution in [1.29, 1.82) is 5.26 Å². The molecule has 140 valence electrons. The zero-order valence-corrected chi connectivity index (χ0v) is 19.0. The molecule has 0 radical (unpaired) electrons. The summed E-state index contributed by atoms with van der Waals surface area (Å²) in [7, 11) is 1.55. The number of nitrogens with zero attached hydrogens (tertiary/aromatic N) is 1. The molecule has 1 N–H and O–H groups in total. The molecule has 27 heavy (non-hydrogen) atoms. The number of ether oxygens (including phenoxy) is 2. The van der Waals surface area contributed by atoms with Gasteiger partial charge in [-0.3, -0.25) is 4.79 Å². The highest BCUT2D eigenvalue weighted by molar-refractivity contribution is 14.1. The van der Waals surface area contributed by atoms with Crippen molar-refractivity contribution in [3.63, 3.8) is 0 Å². The first-order chi connectivity index (χ1) is 13.0. The number of carbonyl (C=O) groups excluding carboxylic acids is 1. The van der Waals surface area contributed by atoms with Crippen LogP contribution in [0.1, 0.15) is 11.1 Å². The molecule has 0 spiro atoms. The van der Waals surface area contributed by atoms with Crippen LogP contribution >= 0.6 is 45.2 Å². The minimum atomic E-state index is -0.413. The molecule has 0 bridgehead atoms. The monoisotopic (exact) mass is 588 g/mol. The summed E-state index contributed by atoms with van der Waals surface area (Å²) in [6.45, 7) is 1.23. The maximum absolute atomic E-state index is 12.1. The van der Waals surface area contributed by atoms with Crippen LogP contribution in [0.15, 0.2) is 48.0 Å². The van der Waals surface area contributed by atoms with E-state index in [1.165, 1.54) is 0 Å². The van der Waals surface area contributed by atoms with Gasteiger partial charge in [0.05, 0.1) is 13.7 Å². The van der Waals surface area contributed by atoms with E-state index < -0.39 is 5.91 Å². The number of halogens is 2. The summed E-state index contributed by atoms with van der Waals surface area (Å²) in [5, 5.41) is 11.9. The van der Waals surface area contributed by atoms with Crippen molar-refractivity contribution in [3.8, 4) is 11.8 Å². The molecule has 0 aromatic heterocycles. The topological polar surface area (TPSA) is 71.3 Å². The van der Waals surface area contributed by atoms with Crippen molar-refractivity contribution in [2.45, 2.75) is 6.61 Å². The zero-order valence-electron chi connectivity index (χ0n) is 14.7. The Kier molecular flexibility index (Phi) is 9.03. The Labute approximate surface area is 186 Å². The van der Waals surface area contributed by atoms with Gasteiger partial charge in [-0.1, -0.05) is 30.3 Å². The molecule has 7 heteroatoms. The summed E-state index contributed by atoms with van der Waals surface area (Å²) in [5.41, 5.74) is 1.91. The third-order valence-electron chi connectivity index (χ3n) is 3.51. The second kappa shape index (κ2) is 11.3. The lowest BCUT2D eigenvalue weighted by Crippen LogP contribution is -2.27. The fourth-order valence-electron chi connectivity index (χ4n) is 2.21. The average Bonchev–Trinajstić information content (AvgIpc) is 2.66. The van der Waals surface area contributed by atoms with Crippen molar-refractivity contribution in [1.82, 2.24) is 5.32 Å².